The summed E-state index contributed by atoms with van der Waals surface area (Å²) in [5.41, 5.74) is 0. The standard InChI is InChI=1S/C3F6O.C2F4/c4-1(2(5,6)7)3(8,9)10-1;3-1(4)2(5)6. The van der Waals surface area contributed by atoms with E-state index in [-0.39, 0.29) is 0 Å². The molecule has 1 atom stereocenters. The van der Waals surface area contributed by atoms with Crippen LogP contribution in [0, 0.1) is 0 Å². The largest absolute Gasteiger partial charge is 0.458 e. The third-order valence-electron chi connectivity index (χ3n) is 1.11. The Bertz CT molecular complexity index is 274. The van der Waals surface area contributed by atoms with Crippen molar-refractivity contribution in [3.8, 4) is 0 Å². The van der Waals surface area contributed by atoms with E-state index in [1.54, 1.807) is 0 Å². The average molecular weight is 266 g/mol. The molecular weight excluding hydrogens is 266 g/mol. The summed E-state index contributed by atoms with van der Waals surface area (Å²) >= 11 is 0. The molecule has 1 saturated heterocycles. The van der Waals surface area contributed by atoms with Crippen molar-refractivity contribution in [2.75, 3.05) is 0 Å². The van der Waals surface area contributed by atoms with Crippen LogP contribution in [0.25, 0.3) is 0 Å². The molecule has 1 nitrogen and oxygen atoms in total. The molecule has 1 heterocycles. The van der Waals surface area contributed by atoms with Crippen molar-refractivity contribution in [1.29, 1.82) is 0 Å². The maximum absolute atomic E-state index is 11.7. The molecule has 0 aliphatic carbocycles. The van der Waals surface area contributed by atoms with Crippen LogP contribution in [0.3, 0.4) is 0 Å². The third-order valence-corrected chi connectivity index (χ3v) is 1.11. The molecule has 0 bridgehead atoms. The van der Waals surface area contributed by atoms with Crippen LogP contribution in [0.4, 0.5) is 43.9 Å². The number of epoxide rings is 1. The molecule has 96 valence electrons. The molecule has 0 saturated carbocycles. The highest BCUT2D eigenvalue weighted by Gasteiger charge is 2.90. The first kappa shape index (κ1) is 15.0. The van der Waals surface area contributed by atoms with Gasteiger partial charge in [-0.05, 0) is 0 Å². The Labute approximate surface area is 80.3 Å². The van der Waals surface area contributed by atoms with E-state index >= 15 is 0 Å². The van der Waals surface area contributed by atoms with Gasteiger partial charge in [0.1, 0.15) is 0 Å². The van der Waals surface area contributed by atoms with Crippen molar-refractivity contribution < 1.29 is 48.6 Å². The fraction of sp³-hybridized carbons (Fsp3) is 0.600. The van der Waals surface area contributed by atoms with E-state index in [0.29, 0.717) is 0 Å². The van der Waals surface area contributed by atoms with Crippen LogP contribution in [-0.4, -0.2) is 18.1 Å². The van der Waals surface area contributed by atoms with E-state index < -0.39 is 30.3 Å². The van der Waals surface area contributed by atoms with Crippen LogP contribution in [0.15, 0.2) is 12.2 Å². The fourth-order valence-electron chi connectivity index (χ4n) is 0.374. The Morgan fingerprint density at radius 1 is 0.812 bits per heavy atom. The predicted molar refractivity (Wildman–Crippen MR) is 27.4 cm³/mol. The van der Waals surface area contributed by atoms with Gasteiger partial charge in [-0.3, -0.25) is 4.74 Å². The van der Waals surface area contributed by atoms with Crippen molar-refractivity contribution in [2.24, 2.45) is 0 Å². The van der Waals surface area contributed by atoms with Gasteiger partial charge in [0, 0.05) is 0 Å². The molecule has 1 aliphatic rings. The molecule has 16 heavy (non-hydrogen) atoms. The number of alkyl halides is 6. The molecule has 0 N–H and O–H groups in total. The molecule has 0 spiro atoms. The normalized spacial score (nSPS) is 26.6. The van der Waals surface area contributed by atoms with E-state index in [1.807, 2.05) is 0 Å². The zero-order chi connectivity index (χ0) is 13.4. The lowest BCUT2D eigenvalue weighted by atomic mass is 10.4. The molecule has 1 unspecified atom stereocenters. The summed E-state index contributed by atoms with van der Waals surface area (Å²) in [6.07, 6.45) is -16.2. The molecule has 1 rings (SSSR count). The predicted octanol–water partition coefficient (Wildman–Crippen LogP) is 3.83. The van der Waals surface area contributed by atoms with E-state index in [0.717, 1.165) is 0 Å². The lowest BCUT2D eigenvalue weighted by Crippen LogP contribution is -2.32. The number of hydrogen-bond donors (Lipinski definition) is 0. The third kappa shape index (κ3) is 3.00. The van der Waals surface area contributed by atoms with Crippen LogP contribution < -0.4 is 0 Å². The van der Waals surface area contributed by atoms with Crippen LogP contribution >= 0.6 is 0 Å². The lowest BCUT2D eigenvalue weighted by molar-refractivity contribution is -0.231. The molecule has 0 radical (unpaired) electrons. The average Bonchev–Trinajstić information content (AvgIpc) is 2.52. The van der Waals surface area contributed by atoms with Crippen molar-refractivity contribution in [3.63, 3.8) is 0 Å². The molecule has 11 heteroatoms. The molecule has 0 aromatic heterocycles. The SMILES string of the molecule is FC(F)(F)C1(F)OC1(F)F.FC(F)=C(F)F. The number of rotatable bonds is 0. The summed E-state index contributed by atoms with van der Waals surface area (Å²) in [6, 6.07) is 0. The minimum atomic E-state index is -5.66. The number of ether oxygens (including phenoxy) is 1. The quantitative estimate of drug-likeness (QED) is 0.479. The second kappa shape index (κ2) is 4.11. The van der Waals surface area contributed by atoms with Crippen LogP contribution in [0.1, 0.15) is 0 Å². The first-order chi connectivity index (χ1) is 6.85. The highest BCUT2D eigenvalue weighted by atomic mass is 19.4. The summed E-state index contributed by atoms with van der Waals surface area (Å²) in [6.45, 7) is 0. The van der Waals surface area contributed by atoms with Gasteiger partial charge in [0.05, 0.1) is 0 Å². The van der Waals surface area contributed by atoms with E-state index in [9.17, 15) is 43.9 Å². The topological polar surface area (TPSA) is 12.5 Å². The Kier molecular flexibility index (Phi) is 3.85. The van der Waals surface area contributed by atoms with Crippen LogP contribution in [-0.2, 0) is 4.74 Å². The minimum Gasteiger partial charge on any atom is -0.263 e. The van der Waals surface area contributed by atoms with Gasteiger partial charge in [-0.2, -0.15) is 43.9 Å². The summed E-state index contributed by atoms with van der Waals surface area (Å²) in [5.74, 6) is -4.75. The van der Waals surface area contributed by atoms with Gasteiger partial charge in [0.2, 0.25) is 0 Å². The Hall–Kier alpha value is -1.00. The van der Waals surface area contributed by atoms with Gasteiger partial charge in [-0.1, -0.05) is 0 Å². The minimum absolute atomic E-state index is 2.53. The number of hydrogen-bond acceptors (Lipinski definition) is 1. The first-order valence-corrected chi connectivity index (χ1v) is 3.05. The summed E-state index contributed by atoms with van der Waals surface area (Å²) < 4.78 is 112. The van der Waals surface area contributed by atoms with Crippen molar-refractivity contribution in [1.82, 2.24) is 0 Å². The summed E-state index contributed by atoms with van der Waals surface area (Å²) in [4.78, 5) is 0. The monoisotopic (exact) mass is 266 g/mol. The maximum Gasteiger partial charge on any atom is 0.458 e. The molecular formula is C5F10O. The first-order valence-electron chi connectivity index (χ1n) is 3.05. The van der Waals surface area contributed by atoms with E-state index in [1.165, 1.54) is 0 Å². The Morgan fingerprint density at radius 2 is 1.06 bits per heavy atom. The smallest absolute Gasteiger partial charge is 0.263 e. The molecule has 1 fully saturated rings. The molecule has 1 aliphatic heterocycles. The number of halogens is 10. The van der Waals surface area contributed by atoms with E-state index in [2.05, 4.69) is 4.74 Å². The van der Waals surface area contributed by atoms with Gasteiger partial charge in [-0.25, -0.2) is 0 Å². The zero-order valence-corrected chi connectivity index (χ0v) is 6.69. The summed E-state index contributed by atoms with van der Waals surface area (Å²) in [7, 11) is 0. The van der Waals surface area contributed by atoms with Gasteiger partial charge < -0.3 is 0 Å². The Balaban J connectivity index is 0.000000325. The van der Waals surface area contributed by atoms with Crippen molar-refractivity contribution >= 4 is 0 Å². The van der Waals surface area contributed by atoms with Crippen LogP contribution in [0.2, 0.25) is 0 Å². The van der Waals surface area contributed by atoms with Gasteiger partial charge >= 0.3 is 30.3 Å². The Morgan fingerprint density at radius 3 is 1.06 bits per heavy atom. The zero-order valence-electron chi connectivity index (χ0n) is 6.69. The van der Waals surface area contributed by atoms with Crippen LogP contribution in [0.5, 0.6) is 0 Å². The molecule has 0 amide bonds. The van der Waals surface area contributed by atoms with Gasteiger partial charge in [-0.15, -0.1) is 0 Å². The molecule has 0 aromatic carbocycles. The summed E-state index contributed by atoms with van der Waals surface area (Å²) in [5, 5.41) is 0. The van der Waals surface area contributed by atoms with Crippen molar-refractivity contribution in [2.45, 2.75) is 18.1 Å². The molecule has 0 aromatic rings. The van der Waals surface area contributed by atoms with Gasteiger partial charge in [0.25, 0.3) is 0 Å². The fourth-order valence-corrected chi connectivity index (χ4v) is 0.374. The lowest BCUT2D eigenvalue weighted by Gasteiger charge is -2.04. The highest BCUT2D eigenvalue weighted by molar-refractivity contribution is 4.99. The second-order valence-electron chi connectivity index (χ2n) is 2.23. The van der Waals surface area contributed by atoms with E-state index in [4.69, 9.17) is 0 Å². The second-order valence-corrected chi connectivity index (χ2v) is 2.23. The van der Waals surface area contributed by atoms with Gasteiger partial charge in [0.15, 0.2) is 0 Å². The maximum atomic E-state index is 11.7. The highest BCUT2D eigenvalue weighted by Crippen LogP contribution is 2.60. The van der Waals surface area contributed by atoms with Crippen molar-refractivity contribution in [3.05, 3.63) is 12.2 Å².